The lowest BCUT2D eigenvalue weighted by Crippen LogP contribution is -2.24. The van der Waals surface area contributed by atoms with Gasteiger partial charge in [0.15, 0.2) is 11.0 Å². The minimum absolute atomic E-state index is 0.140. The first-order valence-corrected chi connectivity index (χ1v) is 11.4. The Balaban J connectivity index is 1.53. The smallest absolute Gasteiger partial charge is 0.251 e. The highest BCUT2D eigenvalue weighted by Crippen LogP contribution is 2.19. The Kier molecular flexibility index (Phi) is 8.27. The zero-order valence-electron chi connectivity index (χ0n) is 18.4. The van der Waals surface area contributed by atoms with Gasteiger partial charge in [-0.1, -0.05) is 29.5 Å². The fraction of sp³-hybridized carbons (Fsp3) is 0.304. The molecule has 2 amide bonds. The lowest BCUT2D eigenvalue weighted by molar-refractivity contribution is -0.113. The maximum atomic E-state index is 12.3. The number of benzene rings is 2. The number of nitrogens with one attached hydrogen (secondary N) is 2. The van der Waals surface area contributed by atoms with Gasteiger partial charge in [0.05, 0.1) is 18.9 Å². The molecule has 168 valence electrons. The molecule has 2 N–H and O–H groups in total. The van der Waals surface area contributed by atoms with Gasteiger partial charge in [-0.2, -0.15) is 0 Å². The molecule has 3 aromatic rings. The average Bonchev–Trinajstić information content (AvgIpc) is 3.20. The Hall–Kier alpha value is -3.33. The van der Waals surface area contributed by atoms with Crippen LogP contribution in [0.3, 0.4) is 0 Å². The molecule has 0 aliphatic heterocycles. The number of thioether (sulfide) groups is 1. The minimum atomic E-state index is -0.167. The fourth-order valence-electron chi connectivity index (χ4n) is 2.97. The number of ether oxygens (including phenoxy) is 1. The van der Waals surface area contributed by atoms with Crippen LogP contribution in [0.25, 0.3) is 0 Å². The molecule has 0 fully saturated rings. The second-order valence-electron chi connectivity index (χ2n) is 6.99. The molecule has 0 radical (unpaired) electrons. The molecule has 0 aliphatic rings. The number of hydrogen-bond donors (Lipinski definition) is 2. The quantitative estimate of drug-likeness (QED) is 0.455. The highest BCUT2D eigenvalue weighted by atomic mass is 32.2. The SMILES string of the molecule is CCOc1ccc(NC(=O)CSc2nnc(CNC(=O)c3ccc(C)cc3)n2CC)cc1. The van der Waals surface area contributed by atoms with Crippen molar-refractivity contribution in [2.75, 3.05) is 17.7 Å². The second-order valence-corrected chi connectivity index (χ2v) is 7.93. The number of aryl methyl sites for hydroxylation is 1. The molecule has 32 heavy (non-hydrogen) atoms. The van der Waals surface area contributed by atoms with E-state index in [-0.39, 0.29) is 24.1 Å². The first-order valence-electron chi connectivity index (χ1n) is 10.4. The molecule has 9 heteroatoms. The molecular formula is C23H27N5O3S. The van der Waals surface area contributed by atoms with Gasteiger partial charge in [0.25, 0.3) is 5.91 Å². The zero-order valence-corrected chi connectivity index (χ0v) is 19.2. The third-order valence-electron chi connectivity index (χ3n) is 4.61. The standard InChI is InChI=1S/C23H27N5O3S/c1-4-28-20(14-24-22(30)17-8-6-16(3)7-9-17)26-27-23(28)32-15-21(29)25-18-10-12-19(13-11-18)31-5-2/h6-13H,4-5,14-15H2,1-3H3,(H,24,30)(H,25,29). The van der Waals surface area contributed by atoms with Crippen molar-refractivity contribution in [1.29, 1.82) is 0 Å². The van der Waals surface area contributed by atoms with Gasteiger partial charge >= 0.3 is 0 Å². The molecule has 0 aliphatic carbocycles. The highest BCUT2D eigenvalue weighted by Gasteiger charge is 2.14. The van der Waals surface area contributed by atoms with E-state index in [2.05, 4.69) is 20.8 Å². The topological polar surface area (TPSA) is 98.1 Å². The van der Waals surface area contributed by atoms with E-state index in [1.807, 2.05) is 49.6 Å². The number of anilines is 1. The van der Waals surface area contributed by atoms with Crippen molar-refractivity contribution in [3.8, 4) is 5.75 Å². The van der Waals surface area contributed by atoms with Gasteiger partial charge < -0.3 is 19.9 Å². The van der Waals surface area contributed by atoms with E-state index in [1.165, 1.54) is 11.8 Å². The molecule has 2 aromatic carbocycles. The summed E-state index contributed by atoms with van der Waals surface area (Å²) >= 11 is 1.30. The maximum Gasteiger partial charge on any atom is 0.251 e. The monoisotopic (exact) mass is 453 g/mol. The van der Waals surface area contributed by atoms with Crippen molar-refractivity contribution in [1.82, 2.24) is 20.1 Å². The predicted octanol–water partition coefficient (Wildman–Crippen LogP) is 3.67. The molecule has 0 saturated heterocycles. The van der Waals surface area contributed by atoms with Crippen LogP contribution in [-0.2, 0) is 17.9 Å². The van der Waals surface area contributed by atoms with Crippen LogP contribution in [0.2, 0.25) is 0 Å². The van der Waals surface area contributed by atoms with Crippen LogP contribution < -0.4 is 15.4 Å². The zero-order chi connectivity index (χ0) is 22.9. The first kappa shape index (κ1) is 23.3. The number of amides is 2. The van der Waals surface area contributed by atoms with E-state index >= 15 is 0 Å². The van der Waals surface area contributed by atoms with Crippen molar-refractivity contribution in [2.45, 2.75) is 39.0 Å². The summed E-state index contributed by atoms with van der Waals surface area (Å²) in [6, 6.07) is 14.6. The predicted molar refractivity (Wildman–Crippen MR) is 125 cm³/mol. The van der Waals surface area contributed by atoms with Crippen LogP contribution in [0.1, 0.15) is 35.6 Å². The molecular weight excluding hydrogens is 426 g/mol. The molecule has 1 aromatic heterocycles. The Morgan fingerprint density at radius 2 is 1.75 bits per heavy atom. The molecule has 1 heterocycles. The van der Waals surface area contributed by atoms with Gasteiger partial charge in [-0.15, -0.1) is 10.2 Å². The van der Waals surface area contributed by atoms with Crippen molar-refractivity contribution in [2.24, 2.45) is 0 Å². The molecule has 0 bridgehead atoms. The van der Waals surface area contributed by atoms with E-state index in [1.54, 1.807) is 24.3 Å². The second kappa shape index (κ2) is 11.3. The van der Waals surface area contributed by atoms with Gasteiger partial charge in [-0.25, -0.2) is 0 Å². The lowest BCUT2D eigenvalue weighted by atomic mass is 10.1. The largest absolute Gasteiger partial charge is 0.494 e. The third kappa shape index (κ3) is 6.34. The van der Waals surface area contributed by atoms with Crippen molar-refractivity contribution < 1.29 is 14.3 Å². The van der Waals surface area contributed by atoms with Crippen molar-refractivity contribution >= 4 is 29.3 Å². The summed E-state index contributed by atoms with van der Waals surface area (Å²) in [6.07, 6.45) is 0. The maximum absolute atomic E-state index is 12.3. The van der Waals surface area contributed by atoms with Gasteiger partial charge in [0, 0.05) is 17.8 Å². The normalized spacial score (nSPS) is 10.6. The van der Waals surface area contributed by atoms with Crippen LogP contribution in [-0.4, -0.2) is 38.9 Å². The van der Waals surface area contributed by atoms with Crippen LogP contribution >= 0.6 is 11.8 Å². The summed E-state index contributed by atoms with van der Waals surface area (Å²) in [7, 11) is 0. The average molecular weight is 454 g/mol. The summed E-state index contributed by atoms with van der Waals surface area (Å²) < 4.78 is 7.30. The van der Waals surface area contributed by atoms with E-state index < -0.39 is 0 Å². The Morgan fingerprint density at radius 3 is 2.41 bits per heavy atom. The summed E-state index contributed by atoms with van der Waals surface area (Å²) in [6.45, 7) is 7.35. The Bertz CT molecular complexity index is 1050. The van der Waals surface area contributed by atoms with E-state index in [0.717, 1.165) is 11.3 Å². The fourth-order valence-corrected chi connectivity index (χ4v) is 3.79. The van der Waals surface area contributed by atoms with Crippen LogP contribution in [0.15, 0.2) is 53.7 Å². The summed E-state index contributed by atoms with van der Waals surface area (Å²) in [5.74, 6) is 1.29. The summed E-state index contributed by atoms with van der Waals surface area (Å²) in [5.41, 5.74) is 2.40. The number of carbonyl (C=O) groups is 2. The summed E-state index contributed by atoms with van der Waals surface area (Å²) in [5, 5.41) is 14.7. The van der Waals surface area contributed by atoms with Gasteiger partial charge in [0.1, 0.15) is 5.75 Å². The number of hydrogen-bond acceptors (Lipinski definition) is 6. The van der Waals surface area contributed by atoms with E-state index in [4.69, 9.17) is 4.74 Å². The first-order chi connectivity index (χ1) is 15.5. The number of carbonyl (C=O) groups excluding carboxylic acids is 2. The van der Waals surface area contributed by atoms with E-state index in [0.29, 0.717) is 35.4 Å². The molecule has 3 rings (SSSR count). The minimum Gasteiger partial charge on any atom is -0.494 e. The Morgan fingerprint density at radius 1 is 1.03 bits per heavy atom. The molecule has 0 spiro atoms. The van der Waals surface area contributed by atoms with Crippen molar-refractivity contribution in [3.05, 3.63) is 65.5 Å². The molecule has 8 nitrogen and oxygen atoms in total. The number of rotatable bonds is 10. The van der Waals surface area contributed by atoms with E-state index in [9.17, 15) is 9.59 Å². The number of nitrogens with zero attached hydrogens (tertiary/aromatic N) is 3. The molecule has 0 atom stereocenters. The summed E-state index contributed by atoms with van der Waals surface area (Å²) in [4.78, 5) is 24.7. The van der Waals surface area contributed by atoms with Crippen LogP contribution in [0, 0.1) is 6.92 Å². The third-order valence-corrected chi connectivity index (χ3v) is 5.58. The molecule has 0 unspecified atom stereocenters. The van der Waals surface area contributed by atoms with Crippen LogP contribution in [0.5, 0.6) is 5.75 Å². The van der Waals surface area contributed by atoms with Gasteiger partial charge in [-0.3, -0.25) is 9.59 Å². The Labute approximate surface area is 191 Å². The number of aromatic nitrogens is 3. The van der Waals surface area contributed by atoms with Crippen LogP contribution in [0.4, 0.5) is 5.69 Å². The van der Waals surface area contributed by atoms with Gasteiger partial charge in [0.2, 0.25) is 5.91 Å². The van der Waals surface area contributed by atoms with Crippen molar-refractivity contribution in [3.63, 3.8) is 0 Å². The highest BCUT2D eigenvalue weighted by molar-refractivity contribution is 7.99. The molecule has 0 saturated carbocycles. The van der Waals surface area contributed by atoms with Gasteiger partial charge in [-0.05, 0) is 57.2 Å². The lowest BCUT2D eigenvalue weighted by Gasteiger charge is -2.09.